The van der Waals surface area contributed by atoms with E-state index < -0.39 is 22.3 Å². The smallest absolute Gasteiger partial charge is 0.311 e. The summed E-state index contributed by atoms with van der Waals surface area (Å²) in [6.45, 7) is 0. The molecule has 0 saturated heterocycles. The highest BCUT2D eigenvalue weighted by Crippen LogP contribution is 2.29. The van der Waals surface area contributed by atoms with Crippen LogP contribution in [0.5, 0.6) is 5.75 Å². The number of phenols is 1. The number of amides is 1. The van der Waals surface area contributed by atoms with Crippen LogP contribution in [-0.4, -0.2) is 21.1 Å². The van der Waals surface area contributed by atoms with E-state index in [9.17, 15) is 20.0 Å². The Labute approximate surface area is 100.0 Å². The van der Waals surface area contributed by atoms with Crippen LogP contribution in [0.1, 0.15) is 10.4 Å². The zero-order chi connectivity index (χ0) is 13.1. The van der Waals surface area contributed by atoms with Crippen molar-refractivity contribution in [3.05, 3.63) is 46.3 Å². The first-order valence-electron chi connectivity index (χ1n) is 4.76. The van der Waals surface area contributed by atoms with Gasteiger partial charge in [0, 0.05) is 6.07 Å². The van der Waals surface area contributed by atoms with Gasteiger partial charge in [-0.25, -0.2) is 0 Å². The van der Waals surface area contributed by atoms with Gasteiger partial charge in [-0.05, 0) is 6.07 Å². The minimum Gasteiger partial charge on any atom is -0.502 e. The summed E-state index contributed by atoms with van der Waals surface area (Å²) < 4.78 is 4.51. The third-order valence-electron chi connectivity index (χ3n) is 2.15. The van der Waals surface area contributed by atoms with Crippen molar-refractivity contribution in [3.63, 3.8) is 0 Å². The number of nitrogens with one attached hydrogen (secondary N) is 1. The van der Waals surface area contributed by atoms with E-state index in [2.05, 4.69) is 15.0 Å². The van der Waals surface area contributed by atoms with Crippen molar-refractivity contribution >= 4 is 17.3 Å². The molecule has 0 atom stereocenters. The van der Waals surface area contributed by atoms with E-state index in [-0.39, 0.29) is 11.3 Å². The van der Waals surface area contributed by atoms with Gasteiger partial charge >= 0.3 is 5.69 Å². The van der Waals surface area contributed by atoms with Crippen LogP contribution in [0.15, 0.2) is 35.2 Å². The van der Waals surface area contributed by atoms with Gasteiger partial charge in [0.2, 0.25) is 5.75 Å². The standard InChI is InChI=1S/C10H7N3O5/c14-9-7(2-1-3-8(9)13(16)17)10(15)12-6-4-11-18-5-6/h1-5,14H,(H,12,15). The summed E-state index contributed by atoms with van der Waals surface area (Å²) in [7, 11) is 0. The molecule has 2 rings (SSSR count). The monoisotopic (exact) mass is 249 g/mol. The average molecular weight is 249 g/mol. The SMILES string of the molecule is O=C(Nc1cnoc1)c1cccc([N+](=O)[O-])c1O. The van der Waals surface area contributed by atoms with E-state index in [0.717, 1.165) is 6.07 Å². The summed E-state index contributed by atoms with van der Waals surface area (Å²) >= 11 is 0. The van der Waals surface area contributed by atoms with E-state index in [1.165, 1.54) is 24.6 Å². The lowest BCUT2D eigenvalue weighted by molar-refractivity contribution is -0.385. The Morgan fingerprint density at radius 1 is 1.50 bits per heavy atom. The number of nitro groups is 1. The Hall–Kier alpha value is -2.90. The molecule has 0 radical (unpaired) electrons. The van der Waals surface area contributed by atoms with Crippen molar-refractivity contribution in [3.8, 4) is 5.75 Å². The molecule has 0 bridgehead atoms. The van der Waals surface area contributed by atoms with Crippen molar-refractivity contribution < 1.29 is 19.3 Å². The maximum Gasteiger partial charge on any atom is 0.311 e. The van der Waals surface area contributed by atoms with Gasteiger partial charge < -0.3 is 14.9 Å². The molecule has 2 aromatic rings. The Kier molecular flexibility index (Phi) is 2.92. The van der Waals surface area contributed by atoms with E-state index in [0.29, 0.717) is 0 Å². The molecule has 1 aromatic carbocycles. The maximum atomic E-state index is 11.7. The van der Waals surface area contributed by atoms with Crippen LogP contribution in [0, 0.1) is 10.1 Å². The number of benzene rings is 1. The van der Waals surface area contributed by atoms with Crippen molar-refractivity contribution in [1.82, 2.24) is 5.16 Å². The number of hydrogen-bond acceptors (Lipinski definition) is 6. The van der Waals surface area contributed by atoms with Crippen LogP contribution in [0.2, 0.25) is 0 Å². The summed E-state index contributed by atoms with van der Waals surface area (Å²) in [6, 6.07) is 3.68. The summed E-state index contributed by atoms with van der Waals surface area (Å²) in [6.07, 6.45) is 2.44. The molecule has 92 valence electrons. The third kappa shape index (κ3) is 2.12. The molecule has 18 heavy (non-hydrogen) atoms. The topological polar surface area (TPSA) is 119 Å². The summed E-state index contributed by atoms with van der Waals surface area (Å²) in [5.41, 5.74) is -0.454. The van der Waals surface area contributed by atoms with Crippen LogP contribution in [0.25, 0.3) is 0 Å². The van der Waals surface area contributed by atoms with E-state index >= 15 is 0 Å². The van der Waals surface area contributed by atoms with Crippen LogP contribution in [0.3, 0.4) is 0 Å². The van der Waals surface area contributed by atoms with Gasteiger partial charge in [-0.2, -0.15) is 0 Å². The first-order chi connectivity index (χ1) is 8.59. The van der Waals surface area contributed by atoms with Crippen molar-refractivity contribution in [2.24, 2.45) is 0 Å². The highest BCUT2D eigenvalue weighted by atomic mass is 16.6. The second-order valence-corrected chi connectivity index (χ2v) is 3.30. The Morgan fingerprint density at radius 3 is 2.89 bits per heavy atom. The molecular formula is C10H7N3O5. The number of anilines is 1. The van der Waals surface area contributed by atoms with Gasteiger partial charge in [-0.1, -0.05) is 11.2 Å². The van der Waals surface area contributed by atoms with Gasteiger partial charge in [-0.3, -0.25) is 14.9 Å². The van der Waals surface area contributed by atoms with E-state index in [1.807, 2.05) is 0 Å². The molecule has 0 aliphatic carbocycles. The molecular weight excluding hydrogens is 242 g/mol. The molecule has 2 N–H and O–H groups in total. The predicted molar refractivity (Wildman–Crippen MR) is 59.2 cm³/mol. The Morgan fingerprint density at radius 2 is 2.28 bits per heavy atom. The third-order valence-corrected chi connectivity index (χ3v) is 2.15. The number of nitrogens with zero attached hydrogens (tertiary/aromatic N) is 2. The zero-order valence-corrected chi connectivity index (χ0v) is 8.86. The van der Waals surface area contributed by atoms with Gasteiger partial charge in [0.15, 0.2) is 0 Å². The second-order valence-electron chi connectivity index (χ2n) is 3.30. The summed E-state index contributed by atoms with van der Waals surface area (Å²) in [5.74, 6) is -1.38. The average Bonchev–Trinajstić information content (AvgIpc) is 2.81. The molecule has 0 unspecified atom stereocenters. The van der Waals surface area contributed by atoms with Crippen LogP contribution >= 0.6 is 0 Å². The molecule has 8 heteroatoms. The summed E-state index contributed by atoms with van der Waals surface area (Å²) in [4.78, 5) is 21.6. The number of para-hydroxylation sites is 1. The fraction of sp³-hybridized carbons (Fsp3) is 0. The highest BCUT2D eigenvalue weighted by Gasteiger charge is 2.21. The van der Waals surface area contributed by atoms with Crippen molar-refractivity contribution in [2.45, 2.75) is 0 Å². The molecule has 1 amide bonds. The van der Waals surface area contributed by atoms with E-state index in [1.54, 1.807) is 0 Å². The number of hydrogen-bond donors (Lipinski definition) is 2. The van der Waals surface area contributed by atoms with Crippen LogP contribution in [0.4, 0.5) is 11.4 Å². The van der Waals surface area contributed by atoms with Crippen LogP contribution < -0.4 is 5.32 Å². The minimum absolute atomic E-state index is 0.203. The lowest BCUT2D eigenvalue weighted by atomic mass is 10.1. The largest absolute Gasteiger partial charge is 0.502 e. The van der Waals surface area contributed by atoms with Crippen LogP contribution in [-0.2, 0) is 0 Å². The molecule has 0 fully saturated rings. The molecule has 0 spiro atoms. The molecule has 0 aliphatic heterocycles. The number of aromatic nitrogens is 1. The maximum absolute atomic E-state index is 11.7. The first kappa shape index (κ1) is 11.6. The second kappa shape index (κ2) is 4.53. The predicted octanol–water partition coefficient (Wildman–Crippen LogP) is 1.54. The Balaban J connectivity index is 2.31. The minimum atomic E-state index is -0.772. The number of phenolic OH excluding ortho intramolecular Hbond substituents is 1. The van der Waals surface area contributed by atoms with Gasteiger partial charge in [0.25, 0.3) is 5.91 Å². The fourth-order valence-electron chi connectivity index (χ4n) is 1.33. The Bertz CT molecular complexity index is 594. The fourth-order valence-corrected chi connectivity index (χ4v) is 1.33. The molecule has 8 nitrogen and oxygen atoms in total. The lowest BCUT2D eigenvalue weighted by Gasteiger charge is -2.04. The van der Waals surface area contributed by atoms with E-state index in [4.69, 9.17) is 0 Å². The highest BCUT2D eigenvalue weighted by molar-refractivity contribution is 6.06. The normalized spacial score (nSPS) is 10.0. The van der Waals surface area contributed by atoms with Gasteiger partial charge in [0.05, 0.1) is 16.7 Å². The van der Waals surface area contributed by atoms with Crippen molar-refractivity contribution in [2.75, 3.05) is 5.32 Å². The van der Waals surface area contributed by atoms with Crippen molar-refractivity contribution in [1.29, 1.82) is 0 Å². The quantitative estimate of drug-likeness (QED) is 0.629. The molecule has 0 aliphatic rings. The van der Waals surface area contributed by atoms with Gasteiger partial charge in [-0.15, -0.1) is 0 Å². The van der Waals surface area contributed by atoms with Gasteiger partial charge in [0.1, 0.15) is 12.0 Å². The number of carbonyl (C=O) groups excluding carboxylic acids is 1. The summed E-state index contributed by atoms with van der Waals surface area (Å²) in [5, 5.41) is 26.0. The first-order valence-corrected chi connectivity index (χ1v) is 4.76. The number of aromatic hydroxyl groups is 1. The number of rotatable bonds is 3. The molecule has 0 saturated carbocycles. The molecule has 1 aromatic heterocycles. The lowest BCUT2D eigenvalue weighted by Crippen LogP contribution is -2.12. The number of nitro benzene ring substituents is 1. The molecule has 1 heterocycles. The number of carbonyl (C=O) groups is 1. The zero-order valence-electron chi connectivity index (χ0n) is 8.86.